The first-order valence-electron chi connectivity index (χ1n) is 10.1. The van der Waals surface area contributed by atoms with Gasteiger partial charge < -0.3 is 20.1 Å². The highest BCUT2D eigenvalue weighted by molar-refractivity contribution is 7.94. The topological polar surface area (TPSA) is 114 Å². The molecule has 2 N–H and O–H groups in total. The second kappa shape index (κ2) is 8.41. The highest BCUT2D eigenvalue weighted by Crippen LogP contribution is 2.36. The number of carbonyl (C=O) groups excluding carboxylic acids is 2. The minimum atomic E-state index is -3.70. The van der Waals surface area contributed by atoms with Crippen LogP contribution in [0.4, 0.5) is 17.1 Å². The average molecular weight is 486 g/mol. The number of thiophene rings is 1. The van der Waals surface area contributed by atoms with Crippen LogP contribution >= 0.6 is 11.3 Å². The first-order valence-corrected chi connectivity index (χ1v) is 12.4. The number of nitrogens with one attached hydrogen (secondary N) is 2. The van der Waals surface area contributed by atoms with E-state index in [4.69, 9.17) is 9.47 Å². The van der Waals surface area contributed by atoms with Crippen molar-refractivity contribution in [2.24, 2.45) is 0 Å². The Morgan fingerprint density at radius 1 is 0.939 bits per heavy atom. The first-order chi connectivity index (χ1) is 15.9. The predicted molar refractivity (Wildman–Crippen MR) is 123 cm³/mol. The molecule has 0 saturated heterocycles. The Labute approximate surface area is 194 Å². The highest BCUT2D eigenvalue weighted by Gasteiger charge is 2.30. The van der Waals surface area contributed by atoms with Crippen LogP contribution in [0.5, 0.6) is 11.5 Å². The Hall–Kier alpha value is -3.57. The number of hydrogen-bond acceptors (Lipinski definition) is 7. The minimum absolute atomic E-state index is 0.102. The Kier molecular flexibility index (Phi) is 5.43. The third kappa shape index (κ3) is 4.12. The van der Waals surface area contributed by atoms with Gasteiger partial charge in [0.25, 0.3) is 10.0 Å². The van der Waals surface area contributed by atoms with Crippen LogP contribution in [0.1, 0.15) is 12.0 Å². The Morgan fingerprint density at radius 3 is 2.42 bits per heavy atom. The maximum absolute atomic E-state index is 13.1. The summed E-state index contributed by atoms with van der Waals surface area (Å²) in [5, 5.41) is 6.77. The average Bonchev–Trinajstić information content (AvgIpc) is 3.51. The van der Waals surface area contributed by atoms with E-state index >= 15 is 0 Å². The lowest BCUT2D eigenvalue weighted by atomic mass is 10.0. The fourth-order valence-corrected chi connectivity index (χ4v) is 6.37. The summed E-state index contributed by atoms with van der Waals surface area (Å²) >= 11 is 1.16. The lowest BCUT2D eigenvalue weighted by Gasteiger charge is -2.30. The van der Waals surface area contributed by atoms with Gasteiger partial charge in [-0.1, -0.05) is 12.1 Å². The standard InChI is InChI=1S/C22H19N3O6S2/c26-21(22(27)24-16-7-8-18-19(12-16)31-13-30-18)23-15-6-5-14-3-1-9-25(17(14)11-15)33(28,29)20-4-2-10-32-20/h2,4-8,10-12H,1,3,9,13H2,(H,23,26)(H,24,27). The lowest BCUT2D eigenvalue weighted by Crippen LogP contribution is -2.35. The Balaban J connectivity index is 1.33. The smallest absolute Gasteiger partial charge is 0.314 e. The van der Waals surface area contributed by atoms with Crippen LogP contribution in [0.25, 0.3) is 0 Å². The number of anilines is 3. The van der Waals surface area contributed by atoms with Crippen LogP contribution in [0.3, 0.4) is 0 Å². The minimum Gasteiger partial charge on any atom is -0.454 e. The molecule has 0 fully saturated rings. The van der Waals surface area contributed by atoms with Gasteiger partial charge in [-0.15, -0.1) is 11.3 Å². The van der Waals surface area contributed by atoms with Crippen LogP contribution in [0.2, 0.25) is 0 Å². The molecule has 170 valence electrons. The molecule has 11 heteroatoms. The first kappa shape index (κ1) is 21.3. The summed E-state index contributed by atoms with van der Waals surface area (Å²) in [5.41, 5.74) is 2.08. The van der Waals surface area contributed by atoms with E-state index < -0.39 is 21.8 Å². The van der Waals surface area contributed by atoms with Gasteiger partial charge in [0, 0.05) is 24.0 Å². The second-order valence-electron chi connectivity index (χ2n) is 7.43. The van der Waals surface area contributed by atoms with Gasteiger partial charge >= 0.3 is 11.8 Å². The zero-order valence-electron chi connectivity index (χ0n) is 17.2. The summed E-state index contributed by atoms with van der Waals surface area (Å²) in [6.07, 6.45) is 1.42. The Morgan fingerprint density at radius 2 is 1.67 bits per heavy atom. The summed E-state index contributed by atoms with van der Waals surface area (Å²) in [7, 11) is -3.70. The van der Waals surface area contributed by atoms with Crippen molar-refractivity contribution in [2.75, 3.05) is 28.3 Å². The molecule has 1 aromatic heterocycles. The number of sulfonamides is 1. The molecule has 5 rings (SSSR count). The molecule has 0 radical (unpaired) electrons. The van der Waals surface area contributed by atoms with Gasteiger partial charge in [0.05, 0.1) is 5.69 Å². The van der Waals surface area contributed by atoms with Crippen LogP contribution in [-0.2, 0) is 26.0 Å². The summed E-state index contributed by atoms with van der Waals surface area (Å²) in [6, 6.07) is 13.1. The molecule has 3 aromatic rings. The maximum atomic E-state index is 13.1. The van der Waals surface area contributed by atoms with Crippen LogP contribution < -0.4 is 24.4 Å². The van der Waals surface area contributed by atoms with Gasteiger partial charge in [0.15, 0.2) is 11.5 Å². The van der Waals surface area contributed by atoms with Crippen molar-refractivity contribution in [3.63, 3.8) is 0 Å². The van der Waals surface area contributed by atoms with E-state index in [2.05, 4.69) is 10.6 Å². The summed E-state index contributed by atoms with van der Waals surface area (Å²) in [5.74, 6) is -0.700. The van der Waals surface area contributed by atoms with Crippen LogP contribution in [0.15, 0.2) is 58.1 Å². The fraction of sp³-hybridized carbons (Fsp3) is 0.182. The van der Waals surface area contributed by atoms with Gasteiger partial charge in [-0.25, -0.2) is 8.42 Å². The highest BCUT2D eigenvalue weighted by atomic mass is 32.2. The molecule has 0 atom stereocenters. The molecule has 0 aliphatic carbocycles. The normalized spacial score (nSPS) is 14.5. The van der Waals surface area contributed by atoms with E-state index in [1.807, 2.05) is 0 Å². The molecule has 0 unspecified atom stereocenters. The zero-order chi connectivity index (χ0) is 23.0. The molecule has 0 saturated carbocycles. The lowest BCUT2D eigenvalue weighted by molar-refractivity contribution is -0.132. The second-order valence-corrected chi connectivity index (χ2v) is 10.5. The van der Waals surface area contributed by atoms with Crippen molar-refractivity contribution in [1.29, 1.82) is 0 Å². The van der Waals surface area contributed by atoms with E-state index in [1.165, 1.54) is 4.31 Å². The van der Waals surface area contributed by atoms with Crippen LogP contribution in [-0.4, -0.2) is 33.6 Å². The molecule has 33 heavy (non-hydrogen) atoms. The fourth-order valence-electron chi connectivity index (χ4n) is 3.74. The monoisotopic (exact) mass is 485 g/mol. The molecule has 0 spiro atoms. The maximum Gasteiger partial charge on any atom is 0.314 e. The number of aryl methyl sites for hydroxylation is 1. The number of rotatable bonds is 4. The number of ether oxygens (including phenoxy) is 2. The van der Waals surface area contributed by atoms with Crippen LogP contribution in [0, 0.1) is 0 Å². The van der Waals surface area contributed by atoms with Gasteiger partial charge in [-0.3, -0.25) is 13.9 Å². The quantitative estimate of drug-likeness (QED) is 0.549. The van der Waals surface area contributed by atoms with Gasteiger partial charge in [-0.2, -0.15) is 0 Å². The van der Waals surface area contributed by atoms with Crippen molar-refractivity contribution in [2.45, 2.75) is 17.1 Å². The molecular formula is C22H19N3O6S2. The predicted octanol–water partition coefficient (Wildman–Crippen LogP) is 3.20. The number of benzene rings is 2. The summed E-state index contributed by atoms with van der Waals surface area (Å²) < 4.78 is 38.3. The third-order valence-electron chi connectivity index (χ3n) is 5.30. The summed E-state index contributed by atoms with van der Waals surface area (Å²) in [6.45, 7) is 0.444. The van der Waals surface area contributed by atoms with Crippen molar-refractivity contribution in [3.05, 3.63) is 59.5 Å². The SMILES string of the molecule is O=C(Nc1ccc2c(c1)OCO2)C(=O)Nc1ccc2c(c1)N(S(=O)(=O)c1cccs1)CCC2. The van der Waals surface area contributed by atoms with E-state index in [1.54, 1.807) is 53.9 Å². The van der Waals surface area contributed by atoms with E-state index in [0.717, 1.165) is 23.3 Å². The van der Waals surface area contributed by atoms with Gasteiger partial charge in [-0.05, 0) is 54.1 Å². The molecule has 3 heterocycles. The van der Waals surface area contributed by atoms with Gasteiger partial charge in [0.2, 0.25) is 6.79 Å². The van der Waals surface area contributed by atoms with Crippen molar-refractivity contribution >= 4 is 50.2 Å². The molecule has 2 amide bonds. The van der Waals surface area contributed by atoms with Gasteiger partial charge in [0.1, 0.15) is 4.21 Å². The number of hydrogen-bond donors (Lipinski definition) is 2. The molecule has 2 aliphatic heterocycles. The van der Waals surface area contributed by atoms with E-state index in [0.29, 0.717) is 41.5 Å². The van der Waals surface area contributed by atoms with E-state index in [-0.39, 0.29) is 11.0 Å². The van der Waals surface area contributed by atoms with Crippen molar-refractivity contribution in [1.82, 2.24) is 0 Å². The number of fused-ring (bicyclic) bond motifs is 2. The van der Waals surface area contributed by atoms with E-state index in [9.17, 15) is 18.0 Å². The van der Waals surface area contributed by atoms with Crippen molar-refractivity contribution in [3.8, 4) is 11.5 Å². The molecule has 0 bridgehead atoms. The molecule has 2 aliphatic rings. The molecule has 2 aromatic carbocycles. The number of nitrogens with zero attached hydrogens (tertiary/aromatic N) is 1. The zero-order valence-corrected chi connectivity index (χ0v) is 18.9. The summed E-state index contributed by atoms with van der Waals surface area (Å²) in [4.78, 5) is 24.9. The van der Waals surface area contributed by atoms with Crippen molar-refractivity contribution < 1.29 is 27.5 Å². The number of amides is 2. The Bertz CT molecular complexity index is 1340. The third-order valence-corrected chi connectivity index (χ3v) is 8.48. The largest absolute Gasteiger partial charge is 0.454 e. The molecule has 9 nitrogen and oxygen atoms in total. The molecular weight excluding hydrogens is 466 g/mol. The number of carbonyl (C=O) groups is 2.